The van der Waals surface area contributed by atoms with Crippen LogP contribution in [0.25, 0.3) is 0 Å². The first kappa shape index (κ1) is 8.26. The summed E-state index contributed by atoms with van der Waals surface area (Å²) in [6.45, 7) is 1.54. The van der Waals surface area contributed by atoms with Gasteiger partial charge >= 0.3 is 0 Å². The van der Waals surface area contributed by atoms with Crippen molar-refractivity contribution in [1.82, 2.24) is 5.32 Å². The van der Waals surface area contributed by atoms with Gasteiger partial charge in [-0.05, 0) is 12.8 Å². The molecule has 0 radical (unpaired) electrons. The molecule has 0 saturated heterocycles. The van der Waals surface area contributed by atoms with Gasteiger partial charge in [-0.3, -0.25) is 4.79 Å². The first-order valence-corrected chi connectivity index (χ1v) is 4.15. The molecule has 0 aromatic rings. The monoisotopic (exact) mass is 255 g/mol. The molecule has 0 bridgehead atoms. The van der Waals surface area contributed by atoms with Crippen molar-refractivity contribution in [3.8, 4) is 0 Å². The molecule has 0 unspecified atom stereocenters. The number of nitrogens with one attached hydrogen (secondary N) is 1. The Morgan fingerprint density at radius 1 is 1.70 bits per heavy atom. The maximum absolute atomic E-state index is 10.5. The van der Waals surface area contributed by atoms with E-state index in [0.29, 0.717) is 12.1 Å². The molecular weight excluding hydrogens is 245 g/mol. The largest absolute Gasteiger partial charge is 0.353 e. The maximum atomic E-state index is 10.5. The Labute approximate surface area is 74.2 Å². The van der Waals surface area contributed by atoms with Gasteiger partial charge < -0.3 is 8.38 Å². The van der Waals surface area contributed by atoms with Crippen LogP contribution in [0.15, 0.2) is 0 Å². The van der Waals surface area contributed by atoms with Crippen LogP contribution < -0.4 is 5.32 Å². The highest BCUT2D eigenvalue weighted by molar-refractivity contribution is 14.1. The normalized spacial score (nSPS) is 31.0. The molecule has 1 fully saturated rings. The zero-order valence-corrected chi connectivity index (χ0v) is 7.92. The van der Waals surface area contributed by atoms with E-state index >= 15 is 0 Å². The molecule has 1 aliphatic rings. The van der Waals surface area contributed by atoms with Crippen LogP contribution in [0.3, 0.4) is 0 Å². The van der Waals surface area contributed by atoms with Crippen LogP contribution in [0.1, 0.15) is 19.8 Å². The Balaban J connectivity index is 2.08. The summed E-state index contributed by atoms with van der Waals surface area (Å²) in [5, 5.41) is 2.82. The summed E-state index contributed by atoms with van der Waals surface area (Å²) in [6, 6.07) is 0.359. The highest BCUT2D eigenvalue weighted by atomic mass is 127. The van der Waals surface area contributed by atoms with Crippen molar-refractivity contribution >= 4 is 28.9 Å². The smallest absolute Gasteiger partial charge is 0.217 e. The Kier molecular flexibility index (Phi) is 2.91. The highest BCUT2D eigenvalue weighted by Crippen LogP contribution is 2.24. The lowest BCUT2D eigenvalue weighted by Crippen LogP contribution is -2.46. The summed E-state index contributed by atoms with van der Waals surface area (Å²) in [5.74, 6) is 0.0527. The van der Waals surface area contributed by atoms with Gasteiger partial charge in [-0.1, -0.05) is 0 Å². The van der Waals surface area contributed by atoms with Gasteiger partial charge in [0.15, 0.2) is 0 Å². The molecule has 0 spiro atoms. The lowest BCUT2D eigenvalue weighted by molar-refractivity contribution is -0.120. The maximum Gasteiger partial charge on any atom is 0.217 e. The van der Waals surface area contributed by atoms with Crippen LogP contribution >= 0.6 is 23.0 Å². The number of rotatable bonds is 2. The molecular formula is C6H10INO2. The number of amides is 1. The number of carbonyl (C=O) groups is 1. The molecule has 0 atom stereocenters. The predicted octanol–water partition coefficient (Wildman–Crippen LogP) is 1.02. The van der Waals surface area contributed by atoms with Gasteiger partial charge in [0, 0.05) is 13.0 Å². The van der Waals surface area contributed by atoms with E-state index in [0.717, 1.165) is 12.8 Å². The SMILES string of the molecule is CC(=O)NC1CC(OI)C1. The molecule has 0 aromatic carbocycles. The summed E-state index contributed by atoms with van der Waals surface area (Å²) in [7, 11) is 0. The third-order valence-electron chi connectivity index (χ3n) is 1.63. The van der Waals surface area contributed by atoms with Crippen molar-refractivity contribution in [2.24, 2.45) is 0 Å². The van der Waals surface area contributed by atoms with E-state index in [1.54, 1.807) is 0 Å². The quantitative estimate of drug-likeness (QED) is 0.748. The van der Waals surface area contributed by atoms with Crippen molar-refractivity contribution < 1.29 is 7.86 Å². The third kappa shape index (κ3) is 2.09. The fourth-order valence-electron chi connectivity index (χ4n) is 1.04. The molecule has 1 rings (SSSR count). The second-order valence-electron chi connectivity index (χ2n) is 2.58. The second kappa shape index (κ2) is 3.52. The molecule has 1 amide bonds. The van der Waals surface area contributed by atoms with Crippen LogP contribution in [0, 0.1) is 0 Å². The summed E-state index contributed by atoms with van der Waals surface area (Å²) in [5.41, 5.74) is 0. The Bertz CT molecular complexity index is 134. The molecule has 4 heteroatoms. The molecule has 1 saturated carbocycles. The summed E-state index contributed by atoms with van der Waals surface area (Å²) in [4.78, 5) is 10.5. The van der Waals surface area contributed by atoms with Crippen LogP contribution in [-0.4, -0.2) is 18.1 Å². The minimum atomic E-state index is 0.0527. The van der Waals surface area contributed by atoms with Crippen LogP contribution in [0.4, 0.5) is 0 Å². The highest BCUT2D eigenvalue weighted by Gasteiger charge is 2.29. The third-order valence-corrected chi connectivity index (χ3v) is 2.35. The van der Waals surface area contributed by atoms with Crippen LogP contribution in [-0.2, 0) is 7.86 Å². The van der Waals surface area contributed by atoms with E-state index in [-0.39, 0.29) is 5.91 Å². The molecule has 0 aromatic heterocycles. The Hall–Kier alpha value is 0.160. The van der Waals surface area contributed by atoms with Gasteiger partial charge in [0.25, 0.3) is 0 Å². The number of hydrogen-bond donors (Lipinski definition) is 1. The van der Waals surface area contributed by atoms with E-state index in [9.17, 15) is 4.79 Å². The predicted molar refractivity (Wildman–Crippen MR) is 45.7 cm³/mol. The molecule has 0 aliphatic heterocycles. The first-order valence-electron chi connectivity index (χ1n) is 3.27. The van der Waals surface area contributed by atoms with E-state index in [2.05, 4.69) is 5.32 Å². The average Bonchev–Trinajstić information content (AvgIpc) is 1.76. The Morgan fingerprint density at radius 2 is 2.30 bits per heavy atom. The van der Waals surface area contributed by atoms with E-state index in [4.69, 9.17) is 3.07 Å². The van der Waals surface area contributed by atoms with Crippen molar-refractivity contribution in [3.05, 3.63) is 0 Å². The van der Waals surface area contributed by atoms with E-state index < -0.39 is 0 Å². The standard InChI is InChI=1S/C6H10INO2/c1-4(9)8-5-2-6(3-5)10-7/h5-6H,2-3H2,1H3,(H,8,9). The van der Waals surface area contributed by atoms with Crippen LogP contribution in [0.5, 0.6) is 0 Å². The molecule has 0 heterocycles. The van der Waals surface area contributed by atoms with Gasteiger partial charge in [-0.15, -0.1) is 0 Å². The van der Waals surface area contributed by atoms with E-state index in [1.807, 2.05) is 23.0 Å². The van der Waals surface area contributed by atoms with Gasteiger partial charge in [-0.2, -0.15) is 0 Å². The minimum absolute atomic E-state index is 0.0527. The van der Waals surface area contributed by atoms with Crippen molar-refractivity contribution in [2.45, 2.75) is 31.9 Å². The molecule has 3 nitrogen and oxygen atoms in total. The first-order chi connectivity index (χ1) is 4.72. The molecule has 1 aliphatic carbocycles. The zero-order valence-electron chi connectivity index (χ0n) is 5.76. The topological polar surface area (TPSA) is 38.3 Å². The minimum Gasteiger partial charge on any atom is -0.353 e. The van der Waals surface area contributed by atoms with Crippen molar-refractivity contribution in [3.63, 3.8) is 0 Å². The number of carbonyl (C=O) groups excluding carboxylic acids is 1. The van der Waals surface area contributed by atoms with E-state index in [1.165, 1.54) is 6.92 Å². The van der Waals surface area contributed by atoms with Gasteiger partial charge in [0.1, 0.15) is 23.0 Å². The lowest BCUT2D eigenvalue weighted by atomic mass is 9.89. The zero-order chi connectivity index (χ0) is 7.56. The second-order valence-corrected chi connectivity index (χ2v) is 3.09. The summed E-state index contributed by atoms with van der Waals surface area (Å²) in [6.07, 6.45) is 2.28. The molecule has 1 N–H and O–H groups in total. The number of halogens is 1. The molecule has 58 valence electrons. The van der Waals surface area contributed by atoms with Gasteiger partial charge in [0.2, 0.25) is 5.91 Å². The van der Waals surface area contributed by atoms with Gasteiger partial charge in [0.05, 0.1) is 6.10 Å². The van der Waals surface area contributed by atoms with Crippen molar-refractivity contribution in [1.29, 1.82) is 0 Å². The fraction of sp³-hybridized carbons (Fsp3) is 0.833. The van der Waals surface area contributed by atoms with Crippen molar-refractivity contribution in [2.75, 3.05) is 0 Å². The lowest BCUT2D eigenvalue weighted by Gasteiger charge is -2.33. The summed E-state index contributed by atoms with van der Waals surface area (Å²) < 4.78 is 5.02. The Morgan fingerprint density at radius 3 is 2.70 bits per heavy atom. The number of hydrogen-bond acceptors (Lipinski definition) is 2. The average molecular weight is 255 g/mol. The van der Waals surface area contributed by atoms with Gasteiger partial charge in [-0.25, -0.2) is 0 Å². The van der Waals surface area contributed by atoms with Crippen LogP contribution in [0.2, 0.25) is 0 Å². The molecule has 10 heavy (non-hydrogen) atoms. The summed E-state index contributed by atoms with van der Waals surface area (Å²) >= 11 is 1.90. The fourth-order valence-corrected chi connectivity index (χ4v) is 1.46.